The minimum absolute atomic E-state index is 0.102. The molecule has 0 spiro atoms. The number of nitrogens with two attached hydrogens (primary N) is 1. The lowest BCUT2D eigenvalue weighted by atomic mass is 10.4. The average Bonchev–Trinajstić information content (AvgIpc) is 2.46. The van der Waals surface area contributed by atoms with Gasteiger partial charge in [0, 0.05) is 26.0 Å². The molecular weight excluding hydrogens is 280 g/mol. The molecular formula is C12H22N4O3S. The van der Waals surface area contributed by atoms with Crippen LogP contribution in [0.2, 0.25) is 0 Å². The van der Waals surface area contributed by atoms with Crippen LogP contribution in [0.25, 0.3) is 0 Å². The van der Waals surface area contributed by atoms with Gasteiger partial charge in [0.1, 0.15) is 0 Å². The molecule has 7 nitrogen and oxygen atoms in total. The highest BCUT2D eigenvalue weighted by Crippen LogP contribution is 2.15. The fourth-order valence-corrected chi connectivity index (χ4v) is 2.68. The molecule has 0 aromatic carbocycles. The molecule has 0 bridgehead atoms. The summed E-state index contributed by atoms with van der Waals surface area (Å²) in [5.74, 6) is 5.27. The molecule has 0 radical (unpaired) electrons. The van der Waals surface area contributed by atoms with E-state index in [9.17, 15) is 8.42 Å². The molecule has 0 aliphatic heterocycles. The molecule has 0 saturated carbocycles. The number of hydrazine groups is 1. The second-order valence-electron chi connectivity index (χ2n) is 4.22. The van der Waals surface area contributed by atoms with E-state index in [0.717, 1.165) is 12.8 Å². The molecule has 114 valence electrons. The summed E-state index contributed by atoms with van der Waals surface area (Å²) in [4.78, 5) is 3.84. The number of ether oxygens (including phenoxy) is 1. The van der Waals surface area contributed by atoms with E-state index in [-0.39, 0.29) is 10.7 Å². The number of nitrogens with zero attached hydrogens (tertiary/aromatic N) is 1. The van der Waals surface area contributed by atoms with Crippen molar-refractivity contribution in [2.75, 3.05) is 25.2 Å². The highest BCUT2D eigenvalue weighted by atomic mass is 32.2. The van der Waals surface area contributed by atoms with Gasteiger partial charge in [0.05, 0.1) is 5.69 Å². The van der Waals surface area contributed by atoms with Crippen LogP contribution < -0.4 is 16.0 Å². The Kier molecular flexibility index (Phi) is 7.45. The Labute approximate surface area is 119 Å². The van der Waals surface area contributed by atoms with Gasteiger partial charge in [-0.3, -0.25) is 5.84 Å². The minimum Gasteiger partial charge on any atom is -0.381 e. The molecule has 0 aliphatic rings. The Bertz CT molecular complexity index is 493. The molecule has 0 amide bonds. The molecule has 0 aliphatic carbocycles. The smallest absolute Gasteiger partial charge is 0.260 e. The third-order valence-corrected chi connectivity index (χ3v) is 4.00. The Morgan fingerprint density at radius 1 is 1.35 bits per heavy atom. The van der Waals surface area contributed by atoms with Crippen LogP contribution in [-0.4, -0.2) is 33.2 Å². The molecule has 0 atom stereocenters. The molecule has 20 heavy (non-hydrogen) atoms. The van der Waals surface area contributed by atoms with Gasteiger partial charge in [-0.15, -0.1) is 0 Å². The Morgan fingerprint density at radius 3 is 2.80 bits per heavy atom. The molecule has 0 unspecified atom stereocenters. The SMILES string of the molecule is CCCCOCCCNS(=O)(=O)c1ncccc1NN. The van der Waals surface area contributed by atoms with Crippen molar-refractivity contribution in [2.24, 2.45) is 5.84 Å². The summed E-state index contributed by atoms with van der Waals surface area (Å²) in [6, 6.07) is 3.16. The molecule has 0 fully saturated rings. The van der Waals surface area contributed by atoms with Crippen LogP contribution in [0.5, 0.6) is 0 Å². The van der Waals surface area contributed by atoms with Gasteiger partial charge in [-0.25, -0.2) is 18.1 Å². The van der Waals surface area contributed by atoms with Gasteiger partial charge >= 0.3 is 0 Å². The zero-order valence-electron chi connectivity index (χ0n) is 11.6. The Balaban J connectivity index is 2.42. The maximum absolute atomic E-state index is 12.0. The van der Waals surface area contributed by atoms with Gasteiger partial charge < -0.3 is 10.2 Å². The van der Waals surface area contributed by atoms with Gasteiger partial charge in [-0.05, 0) is 25.0 Å². The van der Waals surface area contributed by atoms with Crippen molar-refractivity contribution in [3.05, 3.63) is 18.3 Å². The highest BCUT2D eigenvalue weighted by Gasteiger charge is 2.18. The lowest BCUT2D eigenvalue weighted by Gasteiger charge is -2.09. The number of aromatic nitrogens is 1. The van der Waals surface area contributed by atoms with Gasteiger partial charge in [-0.1, -0.05) is 13.3 Å². The van der Waals surface area contributed by atoms with Crippen molar-refractivity contribution < 1.29 is 13.2 Å². The number of sulfonamides is 1. The molecule has 0 saturated heterocycles. The first-order valence-corrected chi connectivity index (χ1v) is 8.09. The van der Waals surface area contributed by atoms with E-state index in [1.165, 1.54) is 6.20 Å². The molecule has 1 aromatic rings. The first kappa shape index (κ1) is 16.8. The van der Waals surface area contributed by atoms with Crippen molar-refractivity contribution in [3.8, 4) is 0 Å². The number of pyridine rings is 1. The molecule has 1 aromatic heterocycles. The zero-order valence-corrected chi connectivity index (χ0v) is 12.4. The van der Waals surface area contributed by atoms with E-state index in [2.05, 4.69) is 22.1 Å². The second-order valence-corrected chi connectivity index (χ2v) is 5.90. The fraction of sp³-hybridized carbons (Fsp3) is 0.583. The predicted molar refractivity (Wildman–Crippen MR) is 77.6 cm³/mol. The van der Waals surface area contributed by atoms with E-state index >= 15 is 0 Å². The number of nitrogen functional groups attached to an aromatic ring is 1. The standard InChI is InChI=1S/C12H22N4O3S/c1-2-3-9-19-10-5-8-15-20(17,18)12-11(16-13)6-4-7-14-12/h4,6-7,15-16H,2-3,5,8-10,13H2,1H3. The van der Waals surface area contributed by atoms with Gasteiger partial charge in [-0.2, -0.15) is 0 Å². The summed E-state index contributed by atoms with van der Waals surface area (Å²) in [6.45, 7) is 3.64. The van der Waals surface area contributed by atoms with Crippen molar-refractivity contribution >= 4 is 15.7 Å². The second kappa shape index (κ2) is 8.85. The molecule has 1 heterocycles. The van der Waals surface area contributed by atoms with Gasteiger partial charge in [0.25, 0.3) is 10.0 Å². The number of nitrogens with one attached hydrogen (secondary N) is 2. The average molecular weight is 302 g/mol. The maximum Gasteiger partial charge on any atom is 0.260 e. The van der Waals surface area contributed by atoms with Crippen LogP contribution in [-0.2, 0) is 14.8 Å². The molecule has 4 N–H and O–H groups in total. The lowest BCUT2D eigenvalue weighted by Crippen LogP contribution is -2.28. The number of anilines is 1. The first-order valence-electron chi connectivity index (χ1n) is 6.61. The summed E-state index contributed by atoms with van der Waals surface area (Å²) in [6.07, 6.45) is 4.12. The van der Waals surface area contributed by atoms with Crippen molar-refractivity contribution in [2.45, 2.75) is 31.2 Å². The third-order valence-electron chi connectivity index (χ3n) is 2.58. The number of hydrogen-bond donors (Lipinski definition) is 3. The quantitative estimate of drug-likeness (QED) is 0.336. The van der Waals surface area contributed by atoms with Crippen LogP contribution in [0.1, 0.15) is 26.2 Å². The number of unbranched alkanes of at least 4 members (excludes halogenated alkanes) is 1. The predicted octanol–water partition coefficient (Wildman–Crippen LogP) is 0.852. The van der Waals surface area contributed by atoms with Crippen LogP contribution in [0, 0.1) is 0 Å². The maximum atomic E-state index is 12.0. The zero-order chi connectivity index (χ0) is 14.8. The molecule has 8 heteroatoms. The summed E-state index contributed by atoms with van der Waals surface area (Å²) in [7, 11) is -3.66. The Morgan fingerprint density at radius 2 is 2.10 bits per heavy atom. The van der Waals surface area contributed by atoms with Crippen molar-refractivity contribution in [1.82, 2.24) is 9.71 Å². The van der Waals surface area contributed by atoms with Crippen LogP contribution in [0.15, 0.2) is 23.4 Å². The van der Waals surface area contributed by atoms with Gasteiger partial charge in [0.2, 0.25) is 0 Å². The topological polar surface area (TPSA) is 106 Å². The summed E-state index contributed by atoms with van der Waals surface area (Å²) < 4.78 is 31.9. The lowest BCUT2D eigenvalue weighted by molar-refractivity contribution is 0.130. The van der Waals surface area contributed by atoms with E-state index in [0.29, 0.717) is 26.2 Å². The van der Waals surface area contributed by atoms with Crippen LogP contribution in [0.4, 0.5) is 5.69 Å². The van der Waals surface area contributed by atoms with Crippen molar-refractivity contribution in [3.63, 3.8) is 0 Å². The largest absolute Gasteiger partial charge is 0.381 e. The van der Waals surface area contributed by atoms with E-state index in [1.54, 1.807) is 12.1 Å². The van der Waals surface area contributed by atoms with E-state index in [1.807, 2.05) is 0 Å². The third kappa shape index (κ3) is 5.41. The summed E-state index contributed by atoms with van der Waals surface area (Å²) in [5.41, 5.74) is 2.58. The monoisotopic (exact) mass is 302 g/mol. The van der Waals surface area contributed by atoms with Crippen molar-refractivity contribution in [1.29, 1.82) is 0 Å². The summed E-state index contributed by atoms with van der Waals surface area (Å²) >= 11 is 0. The van der Waals surface area contributed by atoms with Crippen LogP contribution >= 0.6 is 0 Å². The van der Waals surface area contributed by atoms with E-state index < -0.39 is 10.0 Å². The highest BCUT2D eigenvalue weighted by molar-refractivity contribution is 7.89. The number of hydrogen-bond acceptors (Lipinski definition) is 6. The fourth-order valence-electron chi connectivity index (χ4n) is 1.51. The normalized spacial score (nSPS) is 11.5. The summed E-state index contributed by atoms with van der Waals surface area (Å²) in [5, 5.41) is -0.102. The van der Waals surface area contributed by atoms with Crippen LogP contribution in [0.3, 0.4) is 0 Å². The number of rotatable bonds is 10. The van der Waals surface area contributed by atoms with E-state index in [4.69, 9.17) is 10.6 Å². The van der Waals surface area contributed by atoms with Gasteiger partial charge in [0.15, 0.2) is 5.03 Å². The molecule has 1 rings (SSSR count). The minimum atomic E-state index is -3.66. The first-order chi connectivity index (χ1) is 9.61. The Hall–Kier alpha value is -1.22.